The van der Waals surface area contributed by atoms with Crippen LogP contribution in [0.3, 0.4) is 0 Å². The summed E-state index contributed by atoms with van der Waals surface area (Å²) in [4.78, 5) is 49.3. The lowest BCUT2D eigenvalue weighted by atomic mass is 9.93. The van der Waals surface area contributed by atoms with E-state index >= 15 is 0 Å². The van der Waals surface area contributed by atoms with Gasteiger partial charge >= 0.3 is 11.7 Å². The number of rotatable bonds is 5. The molecule has 0 aliphatic carbocycles. The second-order valence-corrected chi connectivity index (χ2v) is 4.05. The molecule has 0 unspecified atom stereocenters. The summed E-state index contributed by atoms with van der Waals surface area (Å²) < 4.78 is 0. The topological polar surface area (TPSA) is 132 Å². The van der Waals surface area contributed by atoms with E-state index < -0.39 is 28.7 Å². The van der Waals surface area contributed by atoms with Gasteiger partial charge < -0.3 is 15.4 Å². The SMILES string of the molecule is CCC(CC)(NC(=O)c1cc(=O)[nH]c(=O)[nH]1)C(=O)O. The first-order chi connectivity index (χ1) is 8.84. The van der Waals surface area contributed by atoms with Gasteiger partial charge in [0.2, 0.25) is 0 Å². The average Bonchev–Trinajstić information content (AvgIpc) is 2.34. The first-order valence-electron chi connectivity index (χ1n) is 5.74. The van der Waals surface area contributed by atoms with Crippen LogP contribution in [-0.2, 0) is 4.79 Å². The minimum absolute atomic E-state index is 0.179. The Morgan fingerprint density at radius 3 is 2.26 bits per heavy atom. The fourth-order valence-electron chi connectivity index (χ4n) is 1.66. The van der Waals surface area contributed by atoms with E-state index in [0.29, 0.717) is 0 Å². The molecule has 0 aliphatic heterocycles. The van der Waals surface area contributed by atoms with Gasteiger partial charge in [0.05, 0.1) is 0 Å². The summed E-state index contributed by atoms with van der Waals surface area (Å²) in [5.74, 6) is -1.98. The Hall–Kier alpha value is -2.38. The molecule has 8 heteroatoms. The predicted molar refractivity (Wildman–Crippen MR) is 66.1 cm³/mol. The van der Waals surface area contributed by atoms with Crippen molar-refractivity contribution >= 4 is 11.9 Å². The van der Waals surface area contributed by atoms with E-state index in [0.717, 1.165) is 6.07 Å². The Morgan fingerprint density at radius 2 is 1.84 bits per heavy atom. The monoisotopic (exact) mass is 269 g/mol. The van der Waals surface area contributed by atoms with E-state index in [9.17, 15) is 24.3 Å². The first-order valence-corrected chi connectivity index (χ1v) is 5.74. The van der Waals surface area contributed by atoms with Crippen molar-refractivity contribution in [2.45, 2.75) is 32.2 Å². The number of nitrogens with one attached hydrogen (secondary N) is 3. The fourth-order valence-corrected chi connectivity index (χ4v) is 1.66. The second kappa shape index (κ2) is 5.51. The quantitative estimate of drug-likeness (QED) is 0.568. The molecule has 0 fully saturated rings. The molecule has 0 aromatic carbocycles. The number of aromatic amines is 2. The number of carboxylic acid groups (broad SMARTS) is 1. The molecule has 8 nitrogen and oxygen atoms in total. The zero-order valence-corrected chi connectivity index (χ0v) is 10.6. The molecular formula is C11H15N3O5. The highest BCUT2D eigenvalue weighted by Crippen LogP contribution is 2.15. The van der Waals surface area contributed by atoms with E-state index in [1.54, 1.807) is 13.8 Å². The van der Waals surface area contributed by atoms with Crippen LogP contribution in [0.1, 0.15) is 37.2 Å². The molecule has 19 heavy (non-hydrogen) atoms. The summed E-state index contributed by atoms with van der Waals surface area (Å²) in [5, 5.41) is 11.5. The lowest BCUT2D eigenvalue weighted by Crippen LogP contribution is -2.54. The van der Waals surface area contributed by atoms with E-state index in [-0.39, 0.29) is 18.5 Å². The van der Waals surface area contributed by atoms with Crippen LogP contribution in [0.25, 0.3) is 0 Å². The van der Waals surface area contributed by atoms with E-state index in [4.69, 9.17) is 0 Å². The third-order valence-corrected chi connectivity index (χ3v) is 2.97. The molecule has 4 N–H and O–H groups in total. The first kappa shape index (κ1) is 14.7. The number of carboxylic acids is 1. The fraction of sp³-hybridized carbons (Fsp3) is 0.455. The summed E-state index contributed by atoms with van der Waals surface area (Å²) in [6.07, 6.45) is 0.357. The van der Waals surface area contributed by atoms with Crippen LogP contribution in [0.15, 0.2) is 15.7 Å². The Balaban J connectivity index is 3.10. The summed E-state index contributed by atoms with van der Waals surface area (Å²) in [7, 11) is 0. The highest BCUT2D eigenvalue weighted by Gasteiger charge is 2.36. The van der Waals surface area contributed by atoms with Crippen LogP contribution in [0, 0.1) is 0 Å². The van der Waals surface area contributed by atoms with E-state index in [1.165, 1.54) is 0 Å². The number of hydrogen-bond acceptors (Lipinski definition) is 4. The van der Waals surface area contributed by atoms with Crippen molar-refractivity contribution in [3.05, 3.63) is 32.6 Å². The van der Waals surface area contributed by atoms with Crippen LogP contribution in [0.4, 0.5) is 0 Å². The van der Waals surface area contributed by atoms with Crippen LogP contribution in [0.2, 0.25) is 0 Å². The van der Waals surface area contributed by atoms with Crippen molar-refractivity contribution in [3.8, 4) is 0 Å². The molecule has 0 spiro atoms. The van der Waals surface area contributed by atoms with Gasteiger partial charge in [-0.1, -0.05) is 13.8 Å². The summed E-state index contributed by atoms with van der Waals surface area (Å²) >= 11 is 0. The lowest BCUT2D eigenvalue weighted by Gasteiger charge is -2.27. The number of H-pyrrole nitrogens is 2. The van der Waals surface area contributed by atoms with Crippen molar-refractivity contribution in [2.24, 2.45) is 0 Å². The van der Waals surface area contributed by atoms with Gasteiger partial charge in [-0.05, 0) is 12.8 Å². The van der Waals surface area contributed by atoms with Crippen molar-refractivity contribution in [1.29, 1.82) is 0 Å². The molecule has 0 aliphatic rings. The molecule has 1 amide bonds. The normalized spacial score (nSPS) is 11.1. The number of carbonyl (C=O) groups excluding carboxylic acids is 1. The molecule has 1 rings (SSSR count). The van der Waals surface area contributed by atoms with Crippen molar-refractivity contribution in [1.82, 2.24) is 15.3 Å². The zero-order valence-electron chi connectivity index (χ0n) is 10.6. The molecule has 0 radical (unpaired) electrons. The minimum Gasteiger partial charge on any atom is -0.480 e. The summed E-state index contributed by atoms with van der Waals surface area (Å²) in [5.41, 5.74) is -3.26. The highest BCUT2D eigenvalue weighted by atomic mass is 16.4. The maximum absolute atomic E-state index is 11.9. The van der Waals surface area contributed by atoms with Crippen LogP contribution < -0.4 is 16.6 Å². The number of aromatic nitrogens is 2. The minimum atomic E-state index is -1.42. The van der Waals surface area contributed by atoms with Crippen molar-refractivity contribution in [3.63, 3.8) is 0 Å². The van der Waals surface area contributed by atoms with Crippen molar-refractivity contribution in [2.75, 3.05) is 0 Å². The number of amides is 1. The standard InChI is InChI=1S/C11H15N3O5/c1-3-11(4-2,9(17)18)14-8(16)6-5-7(15)13-10(19)12-6/h5H,3-4H2,1-2H3,(H,14,16)(H,17,18)(H2,12,13,15,19). The number of hydrogen-bond donors (Lipinski definition) is 4. The Morgan fingerprint density at radius 1 is 1.26 bits per heavy atom. The average molecular weight is 269 g/mol. The van der Waals surface area contributed by atoms with Gasteiger partial charge in [0.15, 0.2) is 0 Å². The molecule has 1 aromatic rings. The Labute approximate surface area is 107 Å². The van der Waals surface area contributed by atoms with E-state index in [2.05, 4.69) is 10.3 Å². The predicted octanol–water partition coefficient (Wildman–Crippen LogP) is -0.564. The van der Waals surface area contributed by atoms with Gasteiger partial charge in [0, 0.05) is 6.07 Å². The molecule has 1 aromatic heterocycles. The molecule has 0 bridgehead atoms. The van der Waals surface area contributed by atoms with Crippen LogP contribution in [0.5, 0.6) is 0 Å². The summed E-state index contributed by atoms with van der Waals surface area (Å²) in [6, 6.07) is 0.897. The Bertz CT molecular complexity index is 569. The number of carbonyl (C=O) groups is 2. The van der Waals surface area contributed by atoms with Gasteiger partial charge in [0.25, 0.3) is 11.5 Å². The van der Waals surface area contributed by atoms with Gasteiger partial charge in [-0.3, -0.25) is 14.6 Å². The van der Waals surface area contributed by atoms with Gasteiger partial charge in [-0.2, -0.15) is 0 Å². The van der Waals surface area contributed by atoms with Gasteiger partial charge in [-0.25, -0.2) is 9.59 Å². The van der Waals surface area contributed by atoms with Crippen molar-refractivity contribution < 1.29 is 14.7 Å². The molecule has 104 valence electrons. The smallest absolute Gasteiger partial charge is 0.329 e. The third kappa shape index (κ3) is 3.09. The third-order valence-electron chi connectivity index (χ3n) is 2.97. The van der Waals surface area contributed by atoms with Gasteiger partial charge in [-0.15, -0.1) is 0 Å². The zero-order chi connectivity index (χ0) is 14.6. The Kier molecular flexibility index (Phi) is 4.26. The van der Waals surface area contributed by atoms with Crippen LogP contribution >= 0.6 is 0 Å². The molecule has 1 heterocycles. The molecule has 0 atom stereocenters. The summed E-state index contributed by atoms with van der Waals surface area (Å²) in [6.45, 7) is 3.25. The van der Waals surface area contributed by atoms with Crippen LogP contribution in [-0.4, -0.2) is 32.5 Å². The molecule has 0 saturated carbocycles. The molecular weight excluding hydrogens is 254 g/mol. The maximum atomic E-state index is 11.9. The maximum Gasteiger partial charge on any atom is 0.329 e. The second-order valence-electron chi connectivity index (χ2n) is 4.05. The lowest BCUT2D eigenvalue weighted by molar-refractivity contribution is -0.144. The largest absolute Gasteiger partial charge is 0.480 e. The number of aliphatic carboxylic acids is 1. The van der Waals surface area contributed by atoms with Gasteiger partial charge in [0.1, 0.15) is 11.2 Å². The highest BCUT2D eigenvalue weighted by molar-refractivity contribution is 5.96. The molecule has 0 saturated heterocycles. The van der Waals surface area contributed by atoms with E-state index in [1.807, 2.05) is 4.98 Å².